The third kappa shape index (κ3) is 3.97. The Hall–Kier alpha value is -2.29. The number of hydrogen-bond donors (Lipinski definition) is 1. The van der Waals surface area contributed by atoms with Crippen molar-refractivity contribution in [2.45, 2.75) is 53.1 Å². The van der Waals surface area contributed by atoms with Crippen LogP contribution in [0.3, 0.4) is 0 Å². The molecule has 8 nitrogen and oxygen atoms in total. The van der Waals surface area contributed by atoms with Gasteiger partial charge in [-0.25, -0.2) is 4.98 Å². The maximum atomic E-state index is 12.1. The second kappa shape index (κ2) is 7.52. The first-order valence-corrected chi connectivity index (χ1v) is 8.63. The molecule has 0 saturated carbocycles. The number of amides is 1. The molecule has 0 spiro atoms. The summed E-state index contributed by atoms with van der Waals surface area (Å²) >= 11 is 1.58. The summed E-state index contributed by atoms with van der Waals surface area (Å²) in [6, 6.07) is -0.163. The molecule has 24 heavy (non-hydrogen) atoms. The molecule has 0 aromatic carbocycles. The van der Waals surface area contributed by atoms with E-state index in [0.29, 0.717) is 17.9 Å². The van der Waals surface area contributed by atoms with Crippen molar-refractivity contribution in [3.8, 4) is 0 Å². The van der Waals surface area contributed by atoms with Crippen molar-refractivity contribution in [3.05, 3.63) is 37.6 Å². The molecule has 2 aromatic heterocycles. The fourth-order valence-electron chi connectivity index (χ4n) is 2.45. The number of nitrogens with zero attached hydrogens (tertiary/aromatic N) is 4. The van der Waals surface area contributed by atoms with Crippen LogP contribution >= 0.6 is 11.3 Å². The van der Waals surface area contributed by atoms with Gasteiger partial charge in [-0.05, 0) is 27.2 Å². The Morgan fingerprint density at radius 3 is 2.75 bits per heavy atom. The molecule has 1 unspecified atom stereocenters. The highest BCUT2D eigenvalue weighted by Crippen LogP contribution is 2.22. The van der Waals surface area contributed by atoms with E-state index in [-0.39, 0.29) is 24.1 Å². The quantitative estimate of drug-likeness (QED) is 0.610. The van der Waals surface area contributed by atoms with Gasteiger partial charge in [-0.3, -0.25) is 19.6 Å². The van der Waals surface area contributed by atoms with E-state index in [0.717, 1.165) is 17.1 Å². The van der Waals surface area contributed by atoms with E-state index in [4.69, 9.17) is 0 Å². The first kappa shape index (κ1) is 18.1. The van der Waals surface area contributed by atoms with Gasteiger partial charge in [-0.15, -0.1) is 11.3 Å². The van der Waals surface area contributed by atoms with E-state index in [9.17, 15) is 14.9 Å². The van der Waals surface area contributed by atoms with Crippen LogP contribution in [0.2, 0.25) is 0 Å². The molecule has 0 aliphatic carbocycles. The van der Waals surface area contributed by atoms with Crippen LogP contribution in [0.25, 0.3) is 0 Å². The Bertz CT molecular complexity index is 752. The Labute approximate surface area is 144 Å². The largest absolute Gasteiger partial charge is 0.348 e. The monoisotopic (exact) mass is 351 g/mol. The van der Waals surface area contributed by atoms with Gasteiger partial charge in [0.15, 0.2) is 0 Å². The van der Waals surface area contributed by atoms with E-state index in [1.807, 2.05) is 19.2 Å². The molecule has 1 N–H and O–H groups in total. The maximum Gasteiger partial charge on any atom is 0.312 e. The predicted octanol–water partition coefficient (Wildman–Crippen LogP) is 2.69. The van der Waals surface area contributed by atoms with Gasteiger partial charge >= 0.3 is 5.69 Å². The third-order valence-corrected chi connectivity index (χ3v) is 4.78. The Morgan fingerprint density at radius 1 is 1.50 bits per heavy atom. The van der Waals surface area contributed by atoms with Gasteiger partial charge in [0.25, 0.3) is 0 Å². The van der Waals surface area contributed by atoms with E-state index < -0.39 is 4.92 Å². The zero-order valence-corrected chi connectivity index (χ0v) is 15.0. The van der Waals surface area contributed by atoms with Gasteiger partial charge in [-0.2, -0.15) is 5.10 Å². The molecule has 0 bridgehead atoms. The Balaban J connectivity index is 1.94. The summed E-state index contributed by atoms with van der Waals surface area (Å²) < 4.78 is 1.51. The van der Waals surface area contributed by atoms with Crippen LogP contribution in [0.15, 0.2) is 5.38 Å². The molecule has 0 aliphatic rings. The molecule has 1 amide bonds. The normalized spacial score (nSPS) is 12.2. The van der Waals surface area contributed by atoms with E-state index in [2.05, 4.69) is 15.4 Å². The van der Waals surface area contributed by atoms with E-state index >= 15 is 0 Å². The number of thiazole rings is 1. The van der Waals surface area contributed by atoms with Crippen molar-refractivity contribution in [1.29, 1.82) is 0 Å². The number of rotatable bonds is 7. The van der Waals surface area contributed by atoms with Gasteiger partial charge in [0.1, 0.15) is 11.4 Å². The summed E-state index contributed by atoms with van der Waals surface area (Å²) in [4.78, 5) is 27.1. The Morgan fingerprint density at radius 2 is 2.21 bits per heavy atom. The molecule has 0 aliphatic heterocycles. The number of aryl methyl sites for hydroxylation is 3. The van der Waals surface area contributed by atoms with Crippen LogP contribution in [-0.2, 0) is 17.8 Å². The average molecular weight is 351 g/mol. The molecule has 2 heterocycles. The maximum absolute atomic E-state index is 12.1. The fraction of sp³-hybridized carbons (Fsp3) is 0.533. The second-order valence-corrected chi connectivity index (χ2v) is 6.50. The zero-order valence-electron chi connectivity index (χ0n) is 14.2. The minimum absolute atomic E-state index is 0.0124. The molecule has 0 saturated heterocycles. The van der Waals surface area contributed by atoms with Gasteiger partial charge in [0.05, 0.1) is 28.2 Å². The highest BCUT2D eigenvalue weighted by molar-refractivity contribution is 7.09. The molecule has 9 heteroatoms. The van der Waals surface area contributed by atoms with Crippen molar-refractivity contribution in [2.75, 3.05) is 0 Å². The first-order valence-electron chi connectivity index (χ1n) is 7.75. The van der Waals surface area contributed by atoms with Crippen LogP contribution in [0.4, 0.5) is 5.69 Å². The van der Waals surface area contributed by atoms with Crippen molar-refractivity contribution >= 4 is 22.9 Å². The standard InChI is InChI=1S/C15H21N5O3S/c1-5-14-17-12(8-24-14)9(2)16-13(21)6-7-19-11(4)15(20(22)23)10(3)18-19/h8-9H,5-7H2,1-4H3,(H,16,21). The number of aromatic nitrogens is 3. The summed E-state index contributed by atoms with van der Waals surface area (Å²) in [5.74, 6) is -0.135. The molecule has 2 rings (SSSR count). The minimum atomic E-state index is -0.441. The predicted molar refractivity (Wildman–Crippen MR) is 91.0 cm³/mol. The topological polar surface area (TPSA) is 103 Å². The summed E-state index contributed by atoms with van der Waals surface area (Å²) in [5.41, 5.74) is 1.69. The van der Waals surface area contributed by atoms with Crippen LogP contribution in [0, 0.1) is 24.0 Å². The lowest BCUT2D eigenvalue weighted by Crippen LogP contribution is -2.28. The average Bonchev–Trinajstić information content (AvgIpc) is 3.09. The SMILES string of the molecule is CCc1nc(C(C)NC(=O)CCn2nc(C)c([N+](=O)[O-])c2C)cs1. The van der Waals surface area contributed by atoms with Gasteiger partial charge in [0, 0.05) is 11.8 Å². The first-order chi connectivity index (χ1) is 11.3. The van der Waals surface area contributed by atoms with Crippen LogP contribution in [-0.4, -0.2) is 25.6 Å². The number of carbonyl (C=O) groups excluding carboxylic acids is 1. The summed E-state index contributed by atoms with van der Waals surface area (Å²) in [6.07, 6.45) is 1.08. The molecule has 130 valence electrons. The fourth-order valence-corrected chi connectivity index (χ4v) is 3.29. The van der Waals surface area contributed by atoms with Gasteiger partial charge in [-0.1, -0.05) is 6.92 Å². The number of nitro groups is 1. The number of carbonyl (C=O) groups is 1. The minimum Gasteiger partial charge on any atom is -0.348 e. The van der Waals surface area contributed by atoms with Crippen LogP contribution in [0.5, 0.6) is 0 Å². The molecule has 0 fully saturated rings. The number of nitrogens with one attached hydrogen (secondary N) is 1. The smallest absolute Gasteiger partial charge is 0.312 e. The third-order valence-electron chi connectivity index (χ3n) is 3.77. The highest BCUT2D eigenvalue weighted by atomic mass is 32.1. The van der Waals surface area contributed by atoms with Gasteiger partial charge in [0.2, 0.25) is 5.91 Å². The molecular formula is C15H21N5O3S. The number of hydrogen-bond acceptors (Lipinski definition) is 6. The van der Waals surface area contributed by atoms with Crippen molar-refractivity contribution in [2.24, 2.45) is 0 Å². The molecular weight excluding hydrogens is 330 g/mol. The zero-order chi connectivity index (χ0) is 17.9. The summed E-state index contributed by atoms with van der Waals surface area (Å²) in [6.45, 7) is 7.47. The van der Waals surface area contributed by atoms with Crippen molar-refractivity contribution in [1.82, 2.24) is 20.1 Å². The van der Waals surface area contributed by atoms with Crippen LogP contribution in [0.1, 0.15) is 48.4 Å². The Kier molecular flexibility index (Phi) is 5.66. The lowest BCUT2D eigenvalue weighted by molar-refractivity contribution is -0.386. The van der Waals surface area contributed by atoms with Crippen LogP contribution < -0.4 is 5.32 Å². The molecule has 1 atom stereocenters. The molecule has 2 aromatic rings. The van der Waals surface area contributed by atoms with Crippen molar-refractivity contribution < 1.29 is 9.72 Å². The lowest BCUT2D eigenvalue weighted by atomic mass is 10.2. The van der Waals surface area contributed by atoms with Crippen molar-refractivity contribution in [3.63, 3.8) is 0 Å². The summed E-state index contributed by atoms with van der Waals surface area (Å²) in [7, 11) is 0. The second-order valence-electron chi connectivity index (χ2n) is 5.56. The van der Waals surface area contributed by atoms with E-state index in [1.54, 1.807) is 25.2 Å². The molecule has 0 radical (unpaired) electrons. The lowest BCUT2D eigenvalue weighted by Gasteiger charge is -2.12. The summed E-state index contributed by atoms with van der Waals surface area (Å²) in [5, 5.41) is 21.0. The highest BCUT2D eigenvalue weighted by Gasteiger charge is 2.22. The van der Waals surface area contributed by atoms with Gasteiger partial charge < -0.3 is 5.32 Å². The van der Waals surface area contributed by atoms with E-state index in [1.165, 1.54) is 4.68 Å².